The summed E-state index contributed by atoms with van der Waals surface area (Å²) in [5.41, 5.74) is 1.71. The molecule has 2 aliphatic heterocycles. The molecule has 1 N–H and O–H groups in total. The summed E-state index contributed by atoms with van der Waals surface area (Å²) < 4.78 is 0. The number of amides is 2. The highest BCUT2D eigenvalue weighted by Crippen LogP contribution is 2.13. The molecule has 3 heterocycles. The molecule has 0 spiro atoms. The van der Waals surface area contributed by atoms with Crippen molar-refractivity contribution in [1.29, 1.82) is 0 Å². The highest BCUT2D eigenvalue weighted by Gasteiger charge is 2.22. The number of rotatable bonds is 7. The summed E-state index contributed by atoms with van der Waals surface area (Å²) in [4.78, 5) is 32.6. The standard InChI is InChI=1S/C23H30N4O2S/c28-22(21-4-3-17-30-21)24-18-19-5-7-20(8-6-19)23(29)27-15-13-26(14-16-27)12-11-25-9-1-2-10-25/h3-8,17H,1-2,9-16,18H2,(H,24,28). The van der Waals surface area contributed by atoms with Crippen molar-refractivity contribution in [3.05, 3.63) is 57.8 Å². The number of benzene rings is 1. The Kier molecular flexibility index (Phi) is 7.15. The topological polar surface area (TPSA) is 55.9 Å². The molecule has 0 bridgehead atoms. The lowest BCUT2D eigenvalue weighted by Gasteiger charge is -2.35. The number of carbonyl (C=O) groups is 2. The van der Waals surface area contributed by atoms with Crippen molar-refractivity contribution in [2.45, 2.75) is 19.4 Å². The summed E-state index contributed by atoms with van der Waals surface area (Å²) in [5, 5.41) is 4.81. The highest BCUT2D eigenvalue weighted by molar-refractivity contribution is 7.12. The van der Waals surface area contributed by atoms with Gasteiger partial charge >= 0.3 is 0 Å². The Morgan fingerprint density at radius 2 is 1.53 bits per heavy atom. The number of hydrogen-bond donors (Lipinski definition) is 1. The highest BCUT2D eigenvalue weighted by atomic mass is 32.1. The molecule has 2 aliphatic rings. The maximum Gasteiger partial charge on any atom is 0.261 e. The van der Waals surface area contributed by atoms with Gasteiger partial charge in [0.15, 0.2) is 0 Å². The smallest absolute Gasteiger partial charge is 0.261 e. The first-order valence-electron chi connectivity index (χ1n) is 10.8. The van der Waals surface area contributed by atoms with Crippen LogP contribution in [0.4, 0.5) is 0 Å². The minimum absolute atomic E-state index is 0.0623. The fourth-order valence-electron chi connectivity index (χ4n) is 4.09. The molecule has 30 heavy (non-hydrogen) atoms. The number of thiophene rings is 1. The summed E-state index contributed by atoms with van der Waals surface area (Å²) in [6.45, 7) is 8.68. The van der Waals surface area contributed by atoms with Gasteiger partial charge in [-0.2, -0.15) is 0 Å². The zero-order valence-corrected chi connectivity index (χ0v) is 18.2. The molecule has 2 amide bonds. The number of carbonyl (C=O) groups excluding carboxylic acids is 2. The third-order valence-electron chi connectivity index (χ3n) is 5.99. The fourth-order valence-corrected chi connectivity index (χ4v) is 4.73. The van der Waals surface area contributed by atoms with Crippen molar-refractivity contribution in [2.24, 2.45) is 0 Å². The lowest BCUT2D eigenvalue weighted by Crippen LogP contribution is -2.50. The zero-order valence-electron chi connectivity index (χ0n) is 17.4. The van der Waals surface area contributed by atoms with E-state index in [1.165, 1.54) is 37.3 Å². The van der Waals surface area contributed by atoms with Crippen LogP contribution in [0.3, 0.4) is 0 Å². The Bertz CT molecular complexity index is 823. The molecular weight excluding hydrogens is 396 g/mol. The lowest BCUT2D eigenvalue weighted by molar-refractivity contribution is 0.0626. The van der Waals surface area contributed by atoms with Crippen LogP contribution in [-0.2, 0) is 6.54 Å². The van der Waals surface area contributed by atoms with Crippen LogP contribution in [0.25, 0.3) is 0 Å². The molecule has 4 rings (SSSR count). The Morgan fingerprint density at radius 3 is 2.17 bits per heavy atom. The van der Waals surface area contributed by atoms with E-state index in [0.29, 0.717) is 17.0 Å². The van der Waals surface area contributed by atoms with E-state index in [1.54, 1.807) is 0 Å². The van der Waals surface area contributed by atoms with Crippen LogP contribution in [0.2, 0.25) is 0 Å². The average Bonchev–Trinajstić information content (AvgIpc) is 3.51. The molecule has 160 valence electrons. The third-order valence-corrected chi connectivity index (χ3v) is 6.86. The number of hydrogen-bond acceptors (Lipinski definition) is 5. The molecule has 0 atom stereocenters. The van der Waals surface area contributed by atoms with Gasteiger partial charge in [0.1, 0.15) is 0 Å². The predicted molar refractivity (Wildman–Crippen MR) is 120 cm³/mol. The Hall–Kier alpha value is -2.22. The van der Waals surface area contributed by atoms with E-state index in [1.807, 2.05) is 46.7 Å². The second-order valence-electron chi connectivity index (χ2n) is 8.04. The molecule has 1 aromatic heterocycles. The first kappa shape index (κ1) is 21.0. The molecule has 6 nitrogen and oxygen atoms in total. The van der Waals surface area contributed by atoms with E-state index in [4.69, 9.17) is 0 Å². The van der Waals surface area contributed by atoms with Gasteiger partial charge < -0.3 is 15.1 Å². The van der Waals surface area contributed by atoms with Crippen molar-refractivity contribution in [2.75, 3.05) is 52.4 Å². The molecule has 2 aromatic rings. The van der Waals surface area contributed by atoms with E-state index in [0.717, 1.165) is 44.8 Å². The second-order valence-corrected chi connectivity index (χ2v) is 8.99. The number of nitrogens with zero attached hydrogens (tertiary/aromatic N) is 3. The van der Waals surface area contributed by atoms with Crippen LogP contribution < -0.4 is 5.32 Å². The van der Waals surface area contributed by atoms with Gasteiger partial charge in [-0.15, -0.1) is 11.3 Å². The maximum atomic E-state index is 12.8. The van der Waals surface area contributed by atoms with Crippen LogP contribution in [-0.4, -0.2) is 78.9 Å². The molecule has 2 saturated heterocycles. The molecule has 0 radical (unpaired) electrons. The molecule has 0 unspecified atom stereocenters. The van der Waals surface area contributed by atoms with Crippen LogP contribution in [0.1, 0.15) is 38.4 Å². The van der Waals surface area contributed by atoms with Gasteiger partial charge in [-0.3, -0.25) is 14.5 Å². The minimum atomic E-state index is -0.0623. The van der Waals surface area contributed by atoms with Crippen molar-refractivity contribution in [1.82, 2.24) is 20.0 Å². The van der Waals surface area contributed by atoms with E-state index in [-0.39, 0.29) is 11.8 Å². The fraction of sp³-hybridized carbons (Fsp3) is 0.478. The quantitative estimate of drug-likeness (QED) is 0.739. The van der Waals surface area contributed by atoms with Gasteiger partial charge in [0.05, 0.1) is 4.88 Å². The third kappa shape index (κ3) is 5.47. The Balaban J connectivity index is 1.21. The lowest BCUT2D eigenvalue weighted by atomic mass is 10.1. The van der Waals surface area contributed by atoms with E-state index >= 15 is 0 Å². The molecular formula is C23H30N4O2S. The number of nitrogens with one attached hydrogen (secondary N) is 1. The molecule has 2 fully saturated rings. The van der Waals surface area contributed by atoms with Gasteiger partial charge in [-0.05, 0) is 55.1 Å². The summed E-state index contributed by atoms with van der Waals surface area (Å²) in [7, 11) is 0. The Morgan fingerprint density at radius 1 is 0.867 bits per heavy atom. The number of likely N-dealkylation sites (tertiary alicyclic amines) is 1. The monoisotopic (exact) mass is 426 g/mol. The SMILES string of the molecule is O=C(NCc1ccc(C(=O)N2CCN(CCN3CCCC3)CC2)cc1)c1cccs1. The summed E-state index contributed by atoms with van der Waals surface area (Å²) in [5.74, 6) is 0.0381. The van der Waals surface area contributed by atoms with E-state index < -0.39 is 0 Å². The Labute approximate surface area is 182 Å². The van der Waals surface area contributed by atoms with Gasteiger partial charge in [0, 0.05) is 51.4 Å². The van der Waals surface area contributed by atoms with E-state index in [2.05, 4.69) is 15.1 Å². The van der Waals surface area contributed by atoms with Gasteiger partial charge in [0.2, 0.25) is 0 Å². The largest absolute Gasteiger partial charge is 0.347 e. The van der Waals surface area contributed by atoms with Gasteiger partial charge in [-0.1, -0.05) is 18.2 Å². The van der Waals surface area contributed by atoms with Crippen molar-refractivity contribution >= 4 is 23.2 Å². The predicted octanol–water partition coefficient (Wildman–Crippen LogP) is 2.53. The van der Waals surface area contributed by atoms with Crippen LogP contribution in [0.15, 0.2) is 41.8 Å². The molecule has 0 saturated carbocycles. The van der Waals surface area contributed by atoms with Gasteiger partial charge in [-0.25, -0.2) is 0 Å². The van der Waals surface area contributed by atoms with Crippen LogP contribution in [0.5, 0.6) is 0 Å². The first-order chi connectivity index (χ1) is 14.7. The van der Waals surface area contributed by atoms with Crippen molar-refractivity contribution in [3.63, 3.8) is 0 Å². The maximum absolute atomic E-state index is 12.8. The molecule has 7 heteroatoms. The van der Waals surface area contributed by atoms with Gasteiger partial charge in [0.25, 0.3) is 11.8 Å². The average molecular weight is 427 g/mol. The number of piperazine rings is 1. The second kappa shape index (κ2) is 10.2. The van der Waals surface area contributed by atoms with Crippen molar-refractivity contribution < 1.29 is 9.59 Å². The minimum Gasteiger partial charge on any atom is -0.347 e. The van der Waals surface area contributed by atoms with E-state index in [9.17, 15) is 9.59 Å². The van der Waals surface area contributed by atoms with Crippen molar-refractivity contribution in [3.8, 4) is 0 Å². The van der Waals surface area contributed by atoms with Crippen LogP contribution in [0, 0.1) is 0 Å². The molecule has 0 aliphatic carbocycles. The summed E-state index contributed by atoms with van der Waals surface area (Å²) in [6.07, 6.45) is 2.67. The first-order valence-corrected chi connectivity index (χ1v) is 11.7. The zero-order chi connectivity index (χ0) is 20.8. The van der Waals surface area contributed by atoms with Crippen LogP contribution >= 0.6 is 11.3 Å². The molecule has 1 aromatic carbocycles. The summed E-state index contributed by atoms with van der Waals surface area (Å²) in [6, 6.07) is 11.3. The normalized spacial score (nSPS) is 17.9. The summed E-state index contributed by atoms with van der Waals surface area (Å²) >= 11 is 1.43.